The number of aliphatic carboxylic acids is 1. The predicted octanol–water partition coefficient (Wildman–Crippen LogP) is 4.17. The zero-order chi connectivity index (χ0) is 22.1. The van der Waals surface area contributed by atoms with Crippen LogP contribution in [-0.4, -0.2) is 34.2 Å². The zero-order valence-corrected chi connectivity index (χ0v) is 17.6. The summed E-state index contributed by atoms with van der Waals surface area (Å²) in [7, 11) is 1.59. The van der Waals surface area contributed by atoms with Gasteiger partial charge in [-0.3, -0.25) is 0 Å². The molecule has 3 aromatic carbocycles. The smallest absolute Gasteiger partial charge is 0.326 e. The number of imidazole rings is 1. The second kappa shape index (κ2) is 8.26. The number of carboxylic acids is 1. The molecule has 0 saturated heterocycles. The molecule has 0 bridgehead atoms. The molecule has 7 nitrogen and oxygen atoms in total. The van der Waals surface area contributed by atoms with Gasteiger partial charge in [0.2, 0.25) is 5.95 Å². The summed E-state index contributed by atoms with van der Waals surface area (Å²) >= 11 is 0. The maximum absolute atomic E-state index is 12.3. The van der Waals surface area contributed by atoms with Crippen LogP contribution in [0, 0.1) is 0 Å². The molecular formula is C25H23N3O4. The third kappa shape index (κ3) is 3.62. The van der Waals surface area contributed by atoms with Crippen LogP contribution in [0.5, 0.6) is 11.5 Å². The topological polar surface area (TPSA) is 87.7 Å². The molecule has 1 unspecified atom stereocenters. The normalized spacial score (nSPS) is 15.4. The third-order valence-electron chi connectivity index (χ3n) is 5.82. The SMILES string of the molecule is COc1ccc2c(c1OCc1ccccc1)CC(C(=O)O)N(c1nc3ccccc3[nH]1)C2. The average Bonchev–Trinajstić information content (AvgIpc) is 3.26. The van der Waals surface area contributed by atoms with Gasteiger partial charge in [-0.1, -0.05) is 48.5 Å². The second-order valence-electron chi connectivity index (χ2n) is 7.77. The van der Waals surface area contributed by atoms with Gasteiger partial charge in [0.05, 0.1) is 18.1 Å². The van der Waals surface area contributed by atoms with Crippen molar-refractivity contribution >= 4 is 23.0 Å². The van der Waals surface area contributed by atoms with Gasteiger partial charge in [-0.25, -0.2) is 9.78 Å². The van der Waals surface area contributed by atoms with E-state index in [9.17, 15) is 9.90 Å². The lowest BCUT2D eigenvalue weighted by Gasteiger charge is -2.35. The summed E-state index contributed by atoms with van der Waals surface area (Å²) in [6.45, 7) is 0.774. The fourth-order valence-electron chi connectivity index (χ4n) is 4.18. The predicted molar refractivity (Wildman–Crippen MR) is 121 cm³/mol. The molecule has 162 valence electrons. The zero-order valence-electron chi connectivity index (χ0n) is 17.6. The molecule has 4 aromatic rings. The largest absolute Gasteiger partial charge is 0.493 e. The Morgan fingerprint density at radius 3 is 2.66 bits per heavy atom. The van der Waals surface area contributed by atoms with Gasteiger partial charge in [0, 0.05) is 18.5 Å². The summed E-state index contributed by atoms with van der Waals surface area (Å²) in [6, 6.07) is 20.6. The van der Waals surface area contributed by atoms with Crippen molar-refractivity contribution in [1.29, 1.82) is 0 Å². The number of carbonyl (C=O) groups is 1. The molecule has 2 heterocycles. The van der Waals surface area contributed by atoms with Crippen molar-refractivity contribution in [2.24, 2.45) is 0 Å². The van der Waals surface area contributed by atoms with E-state index >= 15 is 0 Å². The van der Waals surface area contributed by atoms with Gasteiger partial charge >= 0.3 is 5.97 Å². The fourth-order valence-corrected chi connectivity index (χ4v) is 4.18. The highest BCUT2D eigenvalue weighted by Crippen LogP contribution is 2.39. The monoisotopic (exact) mass is 429 g/mol. The van der Waals surface area contributed by atoms with Crippen molar-refractivity contribution in [2.45, 2.75) is 25.6 Å². The van der Waals surface area contributed by atoms with Crippen LogP contribution >= 0.6 is 0 Å². The molecule has 0 fully saturated rings. The van der Waals surface area contributed by atoms with Crippen LogP contribution in [0.2, 0.25) is 0 Å². The van der Waals surface area contributed by atoms with E-state index in [1.165, 1.54) is 0 Å². The highest BCUT2D eigenvalue weighted by atomic mass is 16.5. The molecule has 2 N–H and O–H groups in total. The molecule has 0 saturated carbocycles. The number of para-hydroxylation sites is 2. The first kappa shape index (κ1) is 19.9. The van der Waals surface area contributed by atoms with Crippen molar-refractivity contribution in [1.82, 2.24) is 9.97 Å². The Bertz CT molecular complexity index is 1240. The minimum absolute atomic E-state index is 0.281. The van der Waals surface area contributed by atoms with Crippen molar-refractivity contribution < 1.29 is 19.4 Å². The lowest BCUT2D eigenvalue weighted by atomic mass is 9.92. The number of rotatable bonds is 6. The average molecular weight is 429 g/mol. The maximum atomic E-state index is 12.3. The first-order valence-corrected chi connectivity index (χ1v) is 10.4. The van der Waals surface area contributed by atoms with E-state index < -0.39 is 12.0 Å². The van der Waals surface area contributed by atoms with Crippen LogP contribution in [0.25, 0.3) is 11.0 Å². The van der Waals surface area contributed by atoms with E-state index in [0.717, 1.165) is 27.7 Å². The Hall–Kier alpha value is -4.00. The lowest BCUT2D eigenvalue weighted by molar-refractivity contribution is -0.138. The number of benzene rings is 3. The number of fused-ring (bicyclic) bond motifs is 2. The van der Waals surface area contributed by atoms with E-state index in [0.29, 0.717) is 30.6 Å². The molecule has 5 rings (SSSR count). The van der Waals surface area contributed by atoms with Crippen LogP contribution in [-0.2, 0) is 24.4 Å². The minimum atomic E-state index is -0.909. The molecule has 1 aromatic heterocycles. The Labute approximate surface area is 185 Å². The van der Waals surface area contributed by atoms with Gasteiger partial charge in [0.1, 0.15) is 12.6 Å². The van der Waals surface area contributed by atoms with Crippen molar-refractivity contribution in [2.75, 3.05) is 12.0 Å². The summed E-state index contributed by atoms with van der Waals surface area (Å²) in [4.78, 5) is 21.9. The molecule has 1 aliphatic rings. The third-order valence-corrected chi connectivity index (χ3v) is 5.82. The molecule has 32 heavy (non-hydrogen) atoms. The molecule has 1 atom stereocenters. The number of hydrogen-bond donors (Lipinski definition) is 2. The standard InChI is InChI=1S/C25H23N3O4/c1-31-22-12-11-17-14-28(25-26-19-9-5-6-10-20(19)27-25)21(24(29)30)13-18(17)23(22)32-15-16-7-3-2-4-8-16/h2-12,21H,13-15H2,1H3,(H,26,27)(H,29,30). The number of nitrogens with one attached hydrogen (secondary N) is 1. The van der Waals surface area contributed by atoms with Gasteiger partial charge in [-0.15, -0.1) is 0 Å². The summed E-state index contributed by atoms with van der Waals surface area (Å²) in [6.07, 6.45) is 0.281. The summed E-state index contributed by atoms with van der Waals surface area (Å²) in [5, 5.41) is 10.0. The van der Waals surface area contributed by atoms with Crippen molar-refractivity contribution in [3.8, 4) is 11.5 Å². The Kier molecular flexibility index (Phi) is 5.15. The molecule has 0 aliphatic carbocycles. The van der Waals surface area contributed by atoms with Crippen LogP contribution in [0.1, 0.15) is 16.7 Å². The number of carboxylic acid groups (broad SMARTS) is 1. The highest BCUT2D eigenvalue weighted by Gasteiger charge is 2.35. The first-order chi connectivity index (χ1) is 15.6. The number of hydrogen-bond acceptors (Lipinski definition) is 5. The Balaban J connectivity index is 1.52. The Morgan fingerprint density at radius 2 is 1.91 bits per heavy atom. The van der Waals surface area contributed by atoms with E-state index in [2.05, 4.69) is 9.97 Å². The summed E-state index contributed by atoms with van der Waals surface area (Å²) in [5.74, 6) is 0.838. The summed E-state index contributed by atoms with van der Waals surface area (Å²) in [5.41, 5.74) is 4.56. The van der Waals surface area contributed by atoms with Crippen LogP contribution in [0.15, 0.2) is 66.7 Å². The van der Waals surface area contributed by atoms with Crippen LogP contribution in [0.4, 0.5) is 5.95 Å². The van der Waals surface area contributed by atoms with Gasteiger partial charge in [-0.2, -0.15) is 0 Å². The molecule has 0 amide bonds. The number of aromatic nitrogens is 2. The lowest BCUT2D eigenvalue weighted by Crippen LogP contribution is -2.46. The number of nitrogens with zero attached hydrogens (tertiary/aromatic N) is 2. The minimum Gasteiger partial charge on any atom is -0.493 e. The molecule has 0 radical (unpaired) electrons. The Morgan fingerprint density at radius 1 is 1.12 bits per heavy atom. The summed E-state index contributed by atoms with van der Waals surface area (Å²) < 4.78 is 11.7. The number of aromatic amines is 1. The number of H-pyrrole nitrogens is 1. The van der Waals surface area contributed by atoms with Gasteiger partial charge < -0.3 is 24.5 Å². The van der Waals surface area contributed by atoms with Gasteiger partial charge in [0.15, 0.2) is 11.5 Å². The van der Waals surface area contributed by atoms with E-state index in [1.807, 2.05) is 66.7 Å². The van der Waals surface area contributed by atoms with Crippen molar-refractivity contribution in [3.63, 3.8) is 0 Å². The fraction of sp³-hybridized carbons (Fsp3) is 0.200. The quantitative estimate of drug-likeness (QED) is 0.478. The molecule has 7 heteroatoms. The van der Waals surface area contributed by atoms with E-state index in [1.54, 1.807) is 12.0 Å². The number of ether oxygens (including phenoxy) is 2. The number of methoxy groups -OCH3 is 1. The van der Waals surface area contributed by atoms with E-state index in [4.69, 9.17) is 9.47 Å². The second-order valence-corrected chi connectivity index (χ2v) is 7.77. The van der Waals surface area contributed by atoms with E-state index in [-0.39, 0.29) is 6.42 Å². The first-order valence-electron chi connectivity index (χ1n) is 10.4. The van der Waals surface area contributed by atoms with Crippen molar-refractivity contribution in [3.05, 3.63) is 83.4 Å². The number of anilines is 1. The van der Waals surface area contributed by atoms with Crippen LogP contribution < -0.4 is 14.4 Å². The van der Waals surface area contributed by atoms with Gasteiger partial charge in [-0.05, 0) is 29.3 Å². The molecule has 1 aliphatic heterocycles. The van der Waals surface area contributed by atoms with Crippen LogP contribution in [0.3, 0.4) is 0 Å². The van der Waals surface area contributed by atoms with Gasteiger partial charge in [0.25, 0.3) is 0 Å². The maximum Gasteiger partial charge on any atom is 0.326 e. The molecule has 0 spiro atoms. The highest BCUT2D eigenvalue weighted by molar-refractivity contribution is 5.82. The molecular weight excluding hydrogens is 406 g/mol.